The quantitative estimate of drug-likeness (QED) is 0.619. The van der Waals surface area contributed by atoms with Crippen LogP contribution >= 0.6 is 0 Å². The maximum absolute atomic E-state index is 4.56. The molecule has 0 fully saturated rings. The van der Waals surface area contributed by atoms with Crippen molar-refractivity contribution in [3.05, 3.63) is 59.7 Å². The summed E-state index contributed by atoms with van der Waals surface area (Å²) in [6, 6.07) is 17.5. The van der Waals surface area contributed by atoms with E-state index in [1.807, 2.05) is 36.5 Å². The van der Waals surface area contributed by atoms with Gasteiger partial charge in [-0.15, -0.1) is 0 Å². The molecule has 0 radical (unpaired) electrons. The van der Waals surface area contributed by atoms with Crippen LogP contribution < -0.4 is 9.91 Å². The number of rotatable bonds is 4. The van der Waals surface area contributed by atoms with Gasteiger partial charge in [-0.3, -0.25) is 5.01 Å². The summed E-state index contributed by atoms with van der Waals surface area (Å²) in [6.45, 7) is 5.69. The van der Waals surface area contributed by atoms with Gasteiger partial charge in [0.25, 0.3) is 0 Å². The van der Waals surface area contributed by atoms with Crippen molar-refractivity contribution >= 4 is 17.6 Å². The molecule has 2 aromatic rings. The molecule has 3 heteroatoms. The van der Waals surface area contributed by atoms with Crippen LogP contribution in [0.2, 0.25) is 0 Å². The Morgan fingerprint density at radius 1 is 1.13 bits per heavy atom. The summed E-state index contributed by atoms with van der Waals surface area (Å²) >= 11 is 0. The van der Waals surface area contributed by atoms with Gasteiger partial charge in [0.1, 0.15) is 0 Å². The van der Waals surface area contributed by atoms with Crippen molar-refractivity contribution in [3.63, 3.8) is 0 Å². The van der Waals surface area contributed by atoms with E-state index in [0.717, 1.165) is 24.2 Å². The molecule has 3 rings (SSSR count). The lowest BCUT2D eigenvalue weighted by Crippen LogP contribution is -2.35. The number of anilines is 2. The van der Waals surface area contributed by atoms with E-state index in [2.05, 4.69) is 54.2 Å². The van der Waals surface area contributed by atoms with Crippen LogP contribution in [0.3, 0.4) is 0 Å². The number of benzene rings is 2. The smallest absolute Gasteiger partial charge is 0.0590 e. The fourth-order valence-electron chi connectivity index (χ4n) is 3.13. The van der Waals surface area contributed by atoms with Crippen molar-refractivity contribution in [3.8, 4) is 0 Å². The molecule has 0 spiro atoms. The largest absolute Gasteiger partial charge is 0.369 e. The zero-order chi connectivity index (χ0) is 16.2. The van der Waals surface area contributed by atoms with Gasteiger partial charge in [0.15, 0.2) is 0 Å². The minimum absolute atomic E-state index is 0.554. The second-order valence-electron chi connectivity index (χ2n) is 6.38. The Morgan fingerprint density at radius 3 is 2.65 bits per heavy atom. The zero-order valence-corrected chi connectivity index (χ0v) is 14.2. The highest BCUT2D eigenvalue weighted by molar-refractivity contribution is 5.82. The summed E-state index contributed by atoms with van der Waals surface area (Å²) in [4.78, 5) is 2.50. The molecule has 3 nitrogen and oxygen atoms in total. The first-order chi connectivity index (χ1) is 11.1. The molecule has 0 atom stereocenters. The zero-order valence-electron chi connectivity index (χ0n) is 14.2. The first-order valence-electron chi connectivity index (χ1n) is 8.37. The third kappa shape index (κ3) is 3.55. The predicted octanol–water partition coefficient (Wildman–Crippen LogP) is 4.32. The molecule has 1 aliphatic rings. The third-order valence-electron chi connectivity index (χ3n) is 4.39. The molecule has 0 bridgehead atoms. The monoisotopic (exact) mass is 307 g/mol. The molecule has 0 unspecified atom stereocenters. The van der Waals surface area contributed by atoms with Crippen LogP contribution in [-0.4, -0.2) is 25.8 Å². The van der Waals surface area contributed by atoms with Crippen LogP contribution in [0.1, 0.15) is 31.4 Å². The molecule has 0 saturated carbocycles. The van der Waals surface area contributed by atoms with E-state index in [1.165, 1.54) is 17.7 Å². The fraction of sp³-hybridized carbons (Fsp3) is 0.350. The lowest BCUT2D eigenvalue weighted by atomic mass is 9.98. The van der Waals surface area contributed by atoms with Gasteiger partial charge in [-0.05, 0) is 62.1 Å². The van der Waals surface area contributed by atoms with Gasteiger partial charge in [-0.2, -0.15) is 5.10 Å². The average molecular weight is 307 g/mol. The number of hydrogen-bond acceptors (Lipinski definition) is 3. The third-order valence-corrected chi connectivity index (χ3v) is 4.39. The lowest BCUT2D eigenvalue weighted by Gasteiger charge is -2.34. The Labute approximate surface area is 139 Å². The van der Waals surface area contributed by atoms with E-state index >= 15 is 0 Å². The first-order valence-corrected chi connectivity index (χ1v) is 8.37. The van der Waals surface area contributed by atoms with Gasteiger partial charge in [0, 0.05) is 25.3 Å². The van der Waals surface area contributed by atoms with Crippen LogP contribution in [0, 0.1) is 0 Å². The van der Waals surface area contributed by atoms with Crippen LogP contribution in [0.5, 0.6) is 0 Å². The van der Waals surface area contributed by atoms with Crippen LogP contribution in [0.25, 0.3) is 0 Å². The maximum atomic E-state index is 4.56. The van der Waals surface area contributed by atoms with Gasteiger partial charge >= 0.3 is 0 Å². The molecule has 1 heterocycles. The van der Waals surface area contributed by atoms with Crippen molar-refractivity contribution in [2.75, 3.05) is 23.5 Å². The normalized spacial score (nSPS) is 14.3. The summed E-state index contributed by atoms with van der Waals surface area (Å²) < 4.78 is 0. The average Bonchev–Trinajstić information content (AvgIpc) is 2.59. The first kappa shape index (κ1) is 15.6. The Morgan fingerprint density at radius 2 is 1.91 bits per heavy atom. The van der Waals surface area contributed by atoms with Crippen molar-refractivity contribution in [2.24, 2.45) is 5.10 Å². The van der Waals surface area contributed by atoms with Gasteiger partial charge in [-0.1, -0.05) is 24.3 Å². The molecule has 23 heavy (non-hydrogen) atoms. The highest BCUT2D eigenvalue weighted by atomic mass is 15.4. The van der Waals surface area contributed by atoms with Crippen LogP contribution in [0.15, 0.2) is 53.6 Å². The van der Waals surface area contributed by atoms with Gasteiger partial charge in [0.2, 0.25) is 0 Å². The van der Waals surface area contributed by atoms with Crippen molar-refractivity contribution in [1.29, 1.82) is 0 Å². The van der Waals surface area contributed by atoms with E-state index < -0.39 is 0 Å². The number of aryl methyl sites for hydroxylation is 1. The molecule has 2 aromatic carbocycles. The van der Waals surface area contributed by atoms with Crippen molar-refractivity contribution in [1.82, 2.24) is 0 Å². The van der Waals surface area contributed by atoms with E-state index in [9.17, 15) is 0 Å². The van der Waals surface area contributed by atoms with Gasteiger partial charge in [0.05, 0.1) is 11.9 Å². The van der Waals surface area contributed by atoms with Crippen LogP contribution in [0.4, 0.5) is 11.4 Å². The summed E-state index contributed by atoms with van der Waals surface area (Å²) in [6.07, 6.45) is 4.34. The van der Waals surface area contributed by atoms with Gasteiger partial charge in [-0.25, -0.2) is 0 Å². The molecule has 0 amide bonds. The molecular weight excluding hydrogens is 282 g/mol. The molecular formula is C20H25N3. The highest BCUT2D eigenvalue weighted by Crippen LogP contribution is 2.29. The molecule has 0 aliphatic carbocycles. The second-order valence-corrected chi connectivity index (χ2v) is 6.38. The van der Waals surface area contributed by atoms with E-state index in [0.29, 0.717) is 6.04 Å². The molecule has 0 aromatic heterocycles. The number of fused-ring (bicyclic) bond motifs is 1. The number of hydrazone groups is 1. The summed E-state index contributed by atoms with van der Waals surface area (Å²) in [7, 11) is 1.98. The minimum atomic E-state index is 0.554. The van der Waals surface area contributed by atoms with Crippen molar-refractivity contribution in [2.45, 2.75) is 32.7 Å². The molecule has 120 valence electrons. The standard InChI is InChI=1S/C20H25N3/c1-16(2)23-13-7-8-18-14-17(11-12-20(18)23)15-21-22(3)19-9-5-4-6-10-19/h4-6,9-12,14-16H,7-8,13H2,1-3H3/b21-15+. The van der Waals surface area contributed by atoms with Gasteiger partial charge < -0.3 is 4.90 Å². The van der Waals surface area contributed by atoms with Crippen LogP contribution in [-0.2, 0) is 6.42 Å². The minimum Gasteiger partial charge on any atom is -0.369 e. The molecule has 0 saturated heterocycles. The maximum Gasteiger partial charge on any atom is 0.0590 e. The van der Waals surface area contributed by atoms with E-state index in [-0.39, 0.29) is 0 Å². The predicted molar refractivity (Wildman–Crippen MR) is 99.7 cm³/mol. The van der Waals surface area contributed by atoms with E-state index in [1.54, 1.807) is 0 Å². The second kappa shape index (κ2) is 6.86. The summed E-state index contributed by atoms with van der Waals surface area (Å²) in [5.74, 6) is 0. The Balaban J connectivity index is 1.78. The van der Waals surface area contributed by atoms with Crippen molar-refractivity contribution < 1.29 is 0 Å². The Kier molecular flexibility index (Phi) is 4.65. The highest BCUT2D eigenvalue weighted by Gasteiger charge is 2.18. The Hall–Kier alpha value is -2.29. The topological polar surface area (TPSA) is 18.8 Å². The molecule has 0 N–H and O–H groups in total. The van der Waals surface area contributed by atoms with E-state index in [4.69, 9.17) is 0 Å². The molecule has 1 aliphatic heterocycles. The summed E-state index contributed by atoms with van der Waals surface area (Å²) in [5, 5.41) is 6.47. The fourth-order valence-corrected chi connectivity index (χ4v) is 3.13. The number of hydrogen-bond donors (Lipinski definition) is 0. The number of nitrogens with zero attached hydrogens (tertiary/aromatic N) is 3. The number of para-hydroxylation sites is 1. The lowest BCUT2D eigenvalue weighted by molar-refractivity contribution is 0.625. The SMILES string of the molecule is CC(C)N1CCCc2cc(/C=N/N(C)c3ccccc3)ccc21. The Bertz CT molecular complexity index is 677. The summed E-state index contributed by atoms with van der Waals surface area (Å²) in [5.41, 5.74) is 5.08.